The number of hydrogen-bond donors (Lipinski definition) is 1. The summed E-state index contributed by atoms with van der Waals surface area (Å²) in [5.41, 5.74) is 1.63. The number of H-pyrrole nitrogens is 1. The SMILES string of the molecule is CCOC(OCC)c1nc2c(Cl)cccc2[nH]1. The number of benzene rings is 1. The monoisotopic (exact) mass is 254 g/mol. The lowest BCUT2D eigenvalue weighted by atomic mass is 10.3. The number of ether oxygens (including phenoxy) is 2. The van der Waals surface area contributed by atoms with E-state index in [4.69, 9.17) is 21.1 Å². The summed E-state index contributed by atoms with van der Waals surface area (Å²) < 4.78 is 11.0. The lowest BCUT2D eigenvalue weighted by Crippen LogP contribution is -2.10. The minimum absolute atomic E-state index is 0.464. The van der Waals surface area contributed by atoms with Gasteiger partial charge in [0.25, 0.3) is 0 Å². The quantitative estimate of drug-likeness (QED) is 0.833. The van der Waals surface area contributed by atoms with Gasteiger partial charge < -0.3 is 14.5 Å². The molecule has 92 valence electrons. The Balaban J connectivity index is 2.36. The molecule has 5 heteroatoms. The van der Waals surface area contributed by atoms with Gasteiger partial charge in [-0.05, 0) is 26.0 Å². The number of nitrogens with one attached hydrogen (secondary N) is 1. The second-order valence-corrected chi connectivity index (χ2v) is 3.91. The number of para-hydroxylation sites is 1. The van der Waals surface area contributed by atoms with Crippen LogP contribution in [0, 0.1) is 0 Å². The molecule has 0 fully saturated rings. The fraction of sp³-hybridized carbons (Fsp3) is 0.417. The molecule has 0 aliphatic heterocycles. The molecule has 1 heterocycles. The number of fused-ring (bicyclic) bond motifs is 1. The average Bonchev–Trinajstić information content (AvgIpc) is 2.74. The normalized spacial score (nSPS) is 11.5. The van der Waals surface area contributed by atoms with E-state index in [0.29, 0.717) is 24.1 Å². The molecular weight excluding hydrogens is 240 g/mol. The van der Waals surface area contributed by atoms with Crippen LogP contribution < -0.4 is 0 Å². The molecule has 1 N–H and O–H groups in total. The first-order valence-corrected chi connectivity index (χ1v) is 6.01. The topological polar surface area (TPSA) is 47.1 Å². The van der Waals surface area contributed by atoms with Crippen molar-refractivity contribution in [2.45, 2.75) is 20.1 Å². The van der Waals surface area contributed by atoms with Gasteiger partial charge in [0.15, 0.2) is 5.82 Å². The van der Waals surface area contributed by atoms with E-state index in [9.17, 15) is 0 Å². The van der Waals surface area contributed by atoms with E-state index in [1.54, 1.807) is 0 Å². The van der Waals surface area contributed by atoms with Crippen molar-refractivity contribution in [2.24, 2.45) is 0 Å². The van der Waals surface area contributed by atoms with E-state index in [0.717, 1.165) is 11.0 Å². The molecule has 0 bridgehead atoms. The Morgan fingerprint density at radius 1 is 1.29 bits per heavy atom. The second kappa shape index (κ2) is 5.49. The van der Waals surface area contributed by atoms with Gasteiger partial charge in [-0.1, -0.05) is 17.7 Å². The number of aromatic nitrogens is 2. The molecule has 0 aliphatic carbocycles. The summed E-state index contributed by atoms with van der Waals surface area (Å²) in [5.74, 6) is 0.650. The Morgan fingerprint density at radius 2 is 2.00 bits per heavy atom. The first kappa shape index (κ1) is 12.4. The van der Waals surface area contributed by atoms with Gasteiger partial charge in [0, 0.05) is 13.2 Å². The first-order valence-electron chi connectivity index (χ1n) is 5.63. The summed E-state index contributed by atoms with van der Waals surface area (Å²) >= 11 is 6.07. The second-order valence-electron chi connectivity index (χ2n) is 3.50. The lowest BCUT2D eigenvalue weighted by molar-refractivity contribution is -0.144. The van der Waals surface area contributed by atoms with Crippen molar-refractivity contribution >= 4 is 22.6 Å². The van der Waals surface area contributed by atoms with Gasteiger partial charge in [0.05, 0.1) is 10.5 Å². The fourth-order valence-electron chi connectivity index (χ4n) is 1.64. The van der Waals surface area contributed by atoms with E-state index in [1.807, 2.05) is 32.0 Å². The zero-order valence-electron chi connectivity index (χ0n) is 9.87. The van der Waals surface area contributed by atoms with Crippen molar-refractivity contribution in [1.29, 1.82) is 0 Å². The maximum atomic E-state index is 6.07. The molecule has 17 heavy (non-hydrogen) atoms. The third-order valence-corrected chi connectivity index (χ3v) is 2.65. The highest BCUT2D eigenvalue weighted by atomic mass is 35.5. The molecule has 0 spiro atoms. The number of halogens is 1. The summed E-state index contributed by atoms with van der Waals surface area (Å²) in [5, 5.41) is 0.622. The number of nitrogens with zero attached hydrogens (tertiary/aromatic N) is 1. The van der Waals surface area contributed by atoms with Crippen LogP contribution in [0.2, 0.25) is 5.02 Å². The first-order chi connectivity index (χ1) is 8.26. The Hall–Kier alpha value is -1.10. The van der Waals surface area contributed by atoms with Gasteiger partial charge >= 0.3 is 0 Å². The summed E-state index contributed by atoms with van der Waals surface area (Å²) in [6.45, 7) is 4.97. The molecule has 0 radical (unpaired) electrons. The van der Waals surface area contributed by atoms with Crippen molar-refractivity contribution in [2.75, 3.05) is 13.2 Å². The molecule has 0 saturated carbocycles. The molecule has 4 nitrogen and oxygen atoms in total. The number of rotatable bonds is 5. The Bertz CT molecular complexity index is 492. The van der Waals surface area contributed by atoms with E-state index in [-0.39, 0.29) is 0 Å². The predicted octanol–water partition coefficient (Wildman–Crippen LogP) is 3.29. The Kier molecular flexibility index (Phi) is 3.99. The Morgan fingerprint density at radius 3 is 2.59 bits per heavy atom. The summed E-state index contributed by atoms with van der Waals surface area (Å²) in [4.78, 5) is 7.57. The van der Waals surface area contributed by atoms with Gasteiger partial charge in [0.2, 0.25) is 6.29 Å². The van der Waals surface area contributed by atoms with Gasteiger partial charge in [-0.3, -0.25) is 0 Å². The summed E-state index contributed by atoms with van der Waals surface area (Å²) in [7, 11) is 0. The van der Waals surface area contributed by atoms with Crippen molar-refractivity contribution in [3.05, 3.63) is 29.0 Å². The van der Waals surface area contributed by atoms with E-state index >= 15 is 0 Å². The third-order valence-electron chi connectivity index (χ3n) is 2.34. The highest BCUT2D eigenvalue weighted by Crippen LogP contribution is 2.24. The van der Waals surface area contributed by atoms with E-state index in [1.165, 1.54) is 0 Å². The van der Waals surface area contributed by atoms with Crippen LogP contribution in [0.4, 0.5) is 0 Å². The highest BCUT2D eigenvalue weighted by molar-refractivity contribution is 6.34. The minimum atomic E-state index is -0.464. The van der Waals surface area contributed by atoms with Crippen molar-refractivity contribution in [3.63, 3.8) is 0 Å². The predicted molar refractivity (Wildman–Crippen MR) is 67.1 cm³/mol. The number of imidazole rings is 1. The van der Waals surface area contributed by atoms with Gasteiger partial charge in [-0.2, -0.15) is 0 Å². The smallest absolute Gasteiger partial charge is 0.217 e. The molecule has 0 atom stereocenters. The molecule has 0 aliphatic rings. The van der Waals surface area contributed by atoms with Crippen LogP contribution in [0.1, 0.15) is 26.0 Å². The minimum Gasteiger partial charge on any atom is -0.346 e. The molecule has 1 aromatic heterocycles. The van der Waals surface area contributed by atoms with E-state index < -0.39 is 6.29 Å². The van der Waals surface area contributed by atoms with E-state index in [2.05, 4.69) is 9.97 Å². The highest BCUT2D eigenvalue weighted by Gasteiger charge is 2.16. The Labute approximate surface area is 105 Å². The largest absolute Gasteiger partial charge is 0.346 e. The zero-order valence-corrected chi connectivity index (χ0v) is 10.6. The molecule has 2 aromatic rings. The van der Waals surface area contributed by atoms with Crippen LogP contribution in [-0.4, -0.2) is 23.2 Å². The standard InChI is InChI=1S/C12H15ClN2O2/c1-3-16-12(17-4-2)11-14-9-7-5-6-8(13)10(9)15-11/h5-7,12H,3-4H2,1-2H3,(H,14,15). The van der Waals surface area contributed by atoms with Crippen molar-refractivity contribution < 1.29 is 9.47 Å². The average molecular weight is 255 g/mol. The van der Waals surface area contributed by atoms with Crippen LogP contribution in [0.3, 0.4) is 0 Å². The molecule has 0 amide bonds. The zero-order chi connectivity index (χ0) is 12.3. The lowest BCUT2D eigenvalue weighted by Gasteiger charge is -2.13. The molecule has 0 saturated heterocycles. The summed E-state index contributed by atoms with van der Waals surface area (Å²) in [6.07, 6.45) is -0.464. The third kappa shape index (κ3) is 2.60. The summed E-state index contributed by atoms with van der Waals surface area (Å²) in [6, 6.07) is 5.61. The van der Waals surface area contributed by atoms with Gasteiger partial charge in [-0.15, -0.1) is 0 Å². The van der Waals surface area contributed by atoms with Crippen LogP contribution >= 0.6 is 11.6 Å². The maximum Gasteiger partial charge on any atom is 0.217 e. The van der Waals surface area contributed by atoms with Crippen molar-refractivity contribution in [3.8, 4) is 0 Å². The van der Waals surface area contributed by atoms with Gasteiger partial charge in [-0.25, -0.2) is 4.98 Å². The maximum absolute atomic E-state index is 6.07. The number of aromatic amines is 1. The van der Waals surface area contributed by atoms with Crippen LogP contribution in [0.15, 0.2) is 18.2 Å². The molecule has 1 aromatic carbocycles. The van der Waals surface area contributed by atoms with Gasteiger partial charge in [0.1, 0.15) is 5.52 Å². The van der Waals surface area contributed by atoms with Crippen LogP contribution in [0.5, 0.6) is 0 Å². The fourth-order valence-corrected chi connectivity index (χ4v) is 1.85. The van der Waals surface area contributed by atoms with Crippen molar-refractivity contribution in [1.82, 2.24) is 9.97 Å². The molecule has 2 rings (SSSR count). The van der Waals surface area contributed by atoms with Crippen LogP contribution in [0.25, 0.3) is 11.0 Å². The molecule has 0 unspecified atom stereocenters. The molecular formula is C12H15ClN2O2. The number of hydrogen-bond acceptors (Lipinski definition) is 3. The van der Waals surface area contributed by atoms with Crippen LogP contribution in [-0.2, 0) is 9.47 Å².